The minimum Gasteiger partial charge on any atom is -0.472 e. The van der Waals surface area contributed by atoms with E-state index in [1.165, 1.54) is 0 Å². The zero-order valence-electron chi connectivity index (χ0n) is 12.8. The molecule has 23 heavy (non-hydrogen) atoms. The number of aromatic nitrogens is 2. The Morgan fingerprint density at radius 2 is 2.22 bits per heavy atom. The van der Waals surface area contributed by atoms with Crippen LogP contribution < -0.4 is 4.72 Å². The van der Waals surface area contributed by atoms with Crippen molar-refractivity contribution < 1.29 is 12.8 Å². The zero-order chi connectivity index (χ0) is 15.9. The summed E-state index contributed by atoms with van der Waals surface area (Å²) in [5, 5.41) is 4.18. The average molecular weight is 336 g/mol. The van der Waals surface area contributed by atoms with Crippen LogP contribution in [0.4, 0.5) is 0 Å². The maximum absolute atomic E-state index is 12.1. The molecule has 1 fully saturated rings. The Hall–Kier alpha value is -1.64. The molecule has 7 nitrogen and oxygen atoms in total. The fourth-order valence-corrected chi connectivity index (χ4v) is 4.50. The van der Waals surface area contributed by atoms with Crippen molar-refractivity contribution in [2.45, 2.75) is 37.2 Å². The molecule has 0 bridgehead atoms. The first-order valence-corrected chi connectivity index (χ1v) is 9.41. The van der Waals surface area contributed by atoms with Gasteiger partial charge in [0, 0.05) is 37.9 Å². The lowest BCUT2D eigenvalue weighted by Gasteiger charge is -2.33. The van der Waals surface area contributed by atoms with Gasteiger partial charge >= 0.3 is 0 Å². The largest absolute Gasteiger partial charge is 0.472 e. The van der Waals surface area contributed by atoms with Crippen LogP contribution in [-0.4, -0.2) is 41.4 Å². The number of hydrogen-bond acceptors (Lipinski definition) is 5. The molecule has 0 radical (unpaired) electrons. The van der Waals surface area contributed by atoms with E-state index in [4.69, 9.17) is 4.42 Å². The predicted molar refractivity (Wildman–Crippen MR) is 84.0 cm³/mol. The highest BCUT2D eigenvalue weighted by atomic mass is 32.2. The molecule has 124 valence electrons. The maximum atomic E-state index is 12.1. The molecule has 1 N–H and O–H groups in total. The third-order valence-corrected chi connectivity index (χ3v) is 6.34. The normalized spacial score (nSPS) is 22.2. The molecule has 1 atom stereocenters. The van der Waals surface area contributed by atoms with Gasteiger partial charge in [-0.25, -0.2) is 13.1 Å². The highest BCUT2D eigenvalue weighted by Crippen LogP contribution is 2.28. The van der Waals surface area contributed by atoms with Crippen LogP contribution in [0.2, 0.25) is 0 Å². The summed E-state index contributed by atoms with van der Waals surface area (Å²) in [6.07, 6.45) is 6.75. The van der Waals surface area contributed by atoms with E-state index in [2.05, 4.69) is 14.7 Å². The Labute approximate surface area is 135 Å². The van der Waals surface area contributed by atoms with E-state index < -0.39 is 10.0 Å². The number of nitrogens with zero attached hydrogens (tertiary/aromatic N) is 3. The van der Waals surface area contributed by atoms with Crippen molar-refractivity contribution in [2.75, 3.05) is 13.1 Å². The lowest BCUT2D eigenvalue weighted by Crippen LogP contribution is -2.43. The van der Waals surface area contributed by atoms with Gasteiger partial charge in [0.2, 0.25) is 10.0 Å². The second-order valence-electron chi connectivity index (χ2n) is 6.31. The van der Waals surface area contributed by atoms with Gasteiger partial charge in [0.1, 0.15) is 0 Å². The van der Waals surface area contributed by atoms with Crippen LogP contribution in [0.1, 0.15) is 30.1 Å². The third kappa shape index (κ3) is 3.19. The zero-order valence-corrected chi connectivity index (χ0v) is 13.6. The third-order valence-electron chi connectivity index (χ3n) is 4.42. The lowest BCUT2D eigenvalue weighted by atomic mass is 10.1. The molecule has 1 unspecified atom stereocenters. The van der Waals surface area contributed by atoms with E-state index in [0.717, 1.165) is 43.7 Å². The Bertz CT molecular complexity index is 765. The molecule has 2 aromatic rings. The van der Waals surface area contributed by atoms with Crippen LogP contribution in [0.3, 0.4) is 0 Å². The van der Waals surface area contributed by atoms with Gasteiger partial charge in [-0.15, -0.1) is 0 Å². The minimum atomic E-state index is -3.16. The van der Waals surface area contributed by atoms with Crippen molar-refractivity contribution in [3.63, 3.8) is 0 Å². The number of sulfonamides is 1. The Morgan fingerprint density at radius 3 is 2.96 bits per heavy atom. The maximum Gasteiger partial charge on any atom is 0.214 e. The van der Waals surface area contributed by atoms with E-state index in [1.54, 1.807) is 18.7 Å². The summed E-state index contributed by atoms with van der Waals surface area (Å²) in [6.45, 7) is 2.73. The Morgan fingerprint density at radius 1 is 1.35 bits per heavy atom. The molecule has 3 heterocycles. The van der Waals surface area contributed by atoms with Gasteiger partial charge in [-0.05, 0) is 25.0 Å². The summed E-state index contributed by atoms with van der Waals surface area (Å²) in [5.74, 6) is 0. The summed E-state index contributed by atoms with van der Waals surface area (Å²) in [4.78, 5) is 2.29. The van der Waals surface area contributed by atoms with Crippen molar-refractivity contribution in [1.29, 1.82) is 0 Å². The smallest absolute Gasteiger partial charge is 0.214 e. The first-order valence-electron chi connectivity index (χ1n) is 7.86. The van der Waals surface area contributed by atoms with E-state index in [1.807, 2.05) is 16.8 Å². The second kappa shape index (κ2) is 5.77. The molecule has 1 saturated carbocycles. The summed E-state index contributed by atoms with van der Waals surface area (Å²) < 4.78 is 34.0. The van der Waals surface area contributed by atoms with Gasteiger partial charge in [0.05, 0.1) is 29.5 Å². The molecule has 4 rings (SSSR count). The number of fused-ring (bicyclic) bond motifs is 1. The van der Waals surface area contributed by atoms with Gasteiger partial charge in [0.25, 0.3) is 0 Å². The highest BCUT2D eigenvalue weighted by molar-refractivity contribution is 7.90. The van der Waals surface area contributed by atoms with E-state index >= 15 is 0 Å². The monoisotopic (exact) mass is 336 g/mol. The molecule has 0 aromatic carbocycles. The van der Waals surface area contributed by atoms with Crippen LogP contribution in [0.5, 0.6) is 0 Å². The topological polar surface area (TPSA) is 80.4 Å². The van der Waals surface area contributed by atoms with Crippen molar-refractivity contribution in [3.8, 4) is 0 Å². The molecular formula is C15H20N4O3S. The van der Waals surface area contributed by atoms with Gasteiger partial charge in [0.15, 0.2) is 0 Å². The number of furan rings is 1. The first-order chi connectivity index (χ1) is 11.1. The molecule has 1 aliphatic carbocycles. The minimum absolute atomic E-state index is 0.00850. The van der Waals surface area contributed by atoms with E-state index in [-0.39, 0.29) is 11.3 Å². The summed E-state index contributed by atoms with van der Waals surface area (Å²) in [6, 6.07) is 3.95. The number of rotatable bonds is 6. The van der Waals surface area contributed by atoms with Crippen LogP contribution in [-0.2, 0) is 23.1 Å². The average Bonchev–Trinajstić information content (AvgIpc) is 3.08. The van der Waals surface area contributed by atoms with Crippen LogP contribution in [0.25, 0.3) is 0 Å². The van der Waals surface area contributed by atoms with Crippen LogP contribution in [0, 0.1) is 0 Å². The van der Waals surface area contributed by atoms with Crippen molar-refractivity contribution in [2.24, 2.45) is 0 Å². The van der Waals surface area contributed by atoms with Gasteiger partial charge in [-0.1, -0.05) is 0 Å². The first kappa shape index (κ1) is 14.9. The summed E-state index contributed by atoms with van der Waals surface area (Å²) in [5.41, 5.74) is 2.23. The quantitative estimate of drug-likeness (QED) is 0.855. The second-order valence-corrected chi connectivity index (χ2v) is 8.36. The molecule has 2 aromatic heterocycles. The van der Waals surface area contributed by atoms with Gasteiger partial charge in [-0.2, -0.15) is 5.10 Å². The Balaban J connectivity index is 1.47. The molecule has 0 saturated heterocycles. The SMILES string of the molecule is O=S(=O)(NCC1CN(Cc2ccoc2)Cc2ccnn21)C1CC1. The molecule has 1 aliphatic heterocycles. The fourth-order valence-electron chi connectivity index (χ4n) is 3.09. The Kier molecular flexibility index (Phi) is 3.74. The van der Waals surface area contributed by atoms with Crippen LogP contribution in [0.15, 0.2) is 35.3 Å². The molecular weight excluding hydrogens is 316 g/mol. The summed E-state index contributed by atoms with van der Waals surface area (Å²) >= 11 is 0. The van der Waals surface area contributed by atoms with E-state index in [9.17, 15) is 8.42 Å². The van der Waals surface area contributed by atoms with Crippen molar-refractivity contribution in [3.05, 3.63) is 42.1 Å². The highest BCUT2D eigenvalue weighted by Gasteiger charge is 2.36. The fraction of sp³-hybridized carbons (Fsp3) is 0.533. The summed E-state index contributed by atoms with van der Waals surface area (Å²) in [7, 11) is -3.16. The number of hydrogen-bond donors (Lipinski definition) is 1. The van der Waals surface area contributed by atoms with E-state index in [0.29, 0.717) is 6.54 Å². The lowest BCUT2D eigenvalue weighted by molar-refractivity contribution is 0.167. The van der Waals surface area contributed by atoms with Crippen molar-refractivity contribution in [1.82, 2.24) is 19.4 Å². The van der Waals surface area contributed by atoms with Crippen LogP contribution >= 0.6 is 0 Å². The predicted octanol–water partition coefficient (Wildman–Crippen LogP) is 1.11. The van der Waals surface area contributed by atoms with Gasteiger partial charge < -0.3 is 4.42 Å². The van der Waals surface area contributed by atoms with Gasteiger partial charge in [-0.3, -0.25) is 9.58 Å². The van der Waals surface area contributed by atoms with Crippen molar-refractivity contribution >= 4 is 10.0 Å². The standard InChI is InChI=1S/C15H20N4O3S/c20-23(21,15-1-2-15)17-7-14-10-18(8-12-4-6-22-11-12)9-13-3-5-16-19(13)14/h3-6,11,14-15,17H,1-2,7-10H2. The number of nitrogens with one attached hydrogen (secondary N) is 1. The molecule has 2 aliphatic rings. The molecule has 0 spiro atoms. The molecule has 8 heteroatoms. The molecule has 0 amide bonds.